The van der Waals surface area contributed by atoms with Gasteiger partial charge < -0.3 is 0 Å². The van der Waals surface area contributed by atoms with E-state index in [2.05, 4.69) is 55.0 Å². The fraction of sp³-hybridized carbons (Fsp3) is 0.250. The molecule has 0 aromatic rings. The fourth-order valence-electron chi connectivity index (χ4n) is 1.00. The minimum atomic E-state index is 1.04. The monoisotopic (exact) mass is 159 g/mol. The van der Waals surface area contributed by atoms with Gasteiger partial charge >= 0.3 is 0 Å². The molecule has 0 amide bonds. The van der Waals surface area contributed by atoms with Gasteiger partial charge in [0.2, 0.25) is 0 Å². The van der Waals surface area contributed by atoms with Gasteiger partial charge in [-0.3, -0.25) is 0 Å². The van der Waals surface area contributed by atoms with Gasteiger partial charge in [-0.25, -0.2) is 0 Å². The lowest BCUT2D eigenvalue weighted by atomic mass is 10.2. The topological polar surface area (TPSA) is 0 Å². The predicted molar refractivity (Wildman–Crippen MR) is 54.7 cm³/mol. The van der Waals surface area contributed by atoms with E-state index >= 15 is 0 Å². The summed E-state index contributed by atoms with van der Waals surface area (Å²) in [6.07, 6.45) is 22.5. The SMILES string of the molecule is [CH]1CC=CC=CC=CCC=CC1. The van der Waals surface area contributed by atoms with E-state index in [1.54, 1.807) is 0 Å². The molecule has 0 aliphatic heterocycles. The van der Waals surface area contributed by atoms with E-state index in [9.17, 15) is 0 Å². The molecule has 1 aliphatic rings. The first-order chi connectivity index (χ1) is 6.00. The Hall–Kier alpha value is -1.04. The summed E-state index contributed by atoms with van der Waals surface area (Å²) in [5.74, 6) is 0. The van der Waals surface area contributed by atoms with E-state index in [1.165, 1.54) is 0 Å². The maximum atomic E-state index is 2.27. The van der Waals surface area contributed by atoms with Crippen LogP contribution in [0.4, 0.5) is 0 Å². The zero-order valence-electron chi connectivity index (χ0n) is 7.32. The van der Waals surface area contributed by atoms with Gasteiger partial charge in [-0.2, -0.15) is 0 Å². The van der Waals surface area contributed by atoms with Crippen molar-refractivity contribution >= 4 is 0 Å². The van der Waals surface area contributed by atoms with Crippen molar-refractivity contribution in [2.75, 3.05) is 0 Å². The normalized spacial score (nSPS) is 18.7. The minimum Gasteiger partial charge on any atom is -0.0879 e. The highest BCUT2D eigenvalue weighted by Gasteiger charge is 1.80. The highest BCUT2D eigenvalue weighted by molar-refractivity contribution is 5.13. The average molecular weight is 159 g/mol. The first kappa shape index (κ1) is 9.05. The maximum absolute atomic E-state index is 2.27. The van der Waals surface area contributed by atoms with Crippen molar-refractivity contribution in [3.63, 3.8) is 0 Å². The molecule has 0 unspecified atom stereocenters. The molecule has 0 saturated carbocycles. The molecule has 0 saturated heterocycles. The summed E-state index contributed by atoms with van der Waals surface area (Å²) in [6, 6.07) is 0. The molecule has 63 valence electrons. The summed E-state index contributed by atoms with van der Waals surface area (Å²) in [4.78, 5) is 0. The van der Waals surface area contributed by atoms with Gasteiger partial charge in [0, 0.05) is 0 Å². The zero-order valence-corrected chi connectivity index (χ0v) is 7.32. The van der Waals surface area contributed by atoms with Gasteiger partial charge in [0.1, 0.15) is 0 Å². The second kappa shape index (κ2) is 6.66. The van der Waals surface area contributed by atoms with Crippen LogP contribution < -0.4 is 0 Å². The summed E-state index contributed by atoms with van der Waals surface area (Å²) >= 11 is 0. The quantitative estimate of drug-likeness (QED) is 0.474. The largest absolute Gasteiger partial charge is 0.0879 e. The molecule has 0 N–H and O–H groups in total. The van der Waals surface area contributed by atoms with Crippen LogP contribution >= 0.6 is 0 Å². The predicted octanol–water partition coefficient (Wildman–Crippen LogP) is 3.60. The summed E-state index contributed by atoms with van der Waals surface area (Å²) < 4.78 is 0. The molecule has 0 nitrogen and oxygen atoms in total. The van der Waals surface area contributed by atoms with Gasteiger partial charge in [-0.15, -0.1) is 0 Å². The third-order valence-corrected chi connectivity index (χ3v) is 1.65. The molecule has 0 bridgehead atoms. The van der Waals surface area contributed by atoms with Gasteiger partial charge in [-0.1, -0.05) is 48.6 Å². The number of rotatable bonds is 0. The minimum absolute atomic E-state index is 1.04. The molecule has 0 aromatic carbocycles. The Kier molecular flexibility index (Phi) is 5.02. The molecule has 1 radical (unpaired) electrons. The van der Waals surface area contributed by atoms with Gasteiger partial charge in [0.25, 0.3) is 0 Å². The Labute approximate surface area is 75.0 Å². The lowest BCUT2D eigenvalue weighted by Gasteiger charge is -1.89. The van der Waals surface area contributed by atoms with Crippen LogP contribution in [0.2, 0.25) is 0 Å². The van der Waals surface area contributed by atoms with Crippen LogP contribution in [-0.2, 0) is 0 Å². The second-order valence-corrected chi connectivity index (χ2v) is 2.71. The van der Waals surface area contributed by atoms with Crippen LogP contribution in [0.15, 0.2) is 48.6 Å². The Bertz CT molecular complexity index is 204. The fourth-order valence-corrected chi connectivity index (χ4v) is 1.00. The van der Waals surface area contributed by atoms with E-state index in [1.807, 2.05) is 0 Å². The Balaban J connectivity index is 2.42. The summed E-state index contributed by atoms with van der Waals surface area (Å²) in [5, 5.41) is 0. The van der Waals surface area contributed by atoms with Crippen molar-refractivity contribution in [2.24, 2.45) is 0 Å². The van der Waals surface area contributed by atoms with Crippen molar-refractivity contribution in [1.29, 1.82) is 0 Å². The number of hydrogen-bond acceptors (Lipinski definition) is 0. The van der Waals surface area contributed by atoms with Crippen LogP contribution in [0.5, 0.6) is 0 Å². The van der Waals surface area contributed by atoms with Gasteiger partial charge in [0.05, 0.1) is 0 Å². The number of allylic oxidation sites excluding steroid dienone is 8. The maximum Gasteiger partial charge on any atom is -0.0166 e. The van der Waals surface area contributed by atoms with E-state index in [0.717, 1.165) is 19.3 Å². The highest BCUT2D eigenvalue weighted by Crippen LogP contribution is 1.99. The smallest absolute Gasteiger partial charge is 0.0166 e. The Morgan fingerprint density at radius 2 is 1.08 bits per heavy atom. The summed E-state index contributed by atoms with van der Waals surface area (Å²) in [6.45, 7) is 0. The van der Waals surface area contributed by atoms with Crippen LogP contribution in [0.1, 0.15) is 19.3 Å². The summed E-state index contributed by atoms with van der Waals surface area (Å²) in [5.41, 5.74) is 0. The van der Waals surface area contributed by atoms with Crippen molar-refractivity contribution in [2.45, 2.75) is 19.3 Å². The molecule has 0 spiro atoms. The molecule has 0 heterocycles. The van der Waals surface area contributed by atoms with E-state index < -0.39 is 0 Å². The third kappa shape index (κ3) is 4.73. The average Bonchev–Trinajstić information content (AvgIpc) is 2.05. The first-order valence-corrected chi connectivity index (χ1v) is 4.45. The van der Waals surface area contributed by atoms with E-state index in [4.69, 9.17) is 0 Å². The zero-order chi connectivity index (χ0) is 8.49. The molecule has 12 heavy (non-hydrogen) atoms. The Morgan fingerprint density at radius 1 is 0.500 bits per heavy atom. The van der Waals surface area contributed by atoms with Crippen LogP contribution in [0.3, 0.4) is 0 Å². The van der Waals surface area contributed by atoms with Gasteiger partial charge in [-0.05, 0) is 25.7 Å². The molecule has 0 heteroatoms. The molecule has 0 atom stereocenters. The van der Waals surface area contributed by atoms with Crippen molar-refractivity contribution in [1.82, 2.24) is 0 Å². The summed E-state index contributed by atoms with van der Waals surface area (Å²) in [7, 11) is 0. The van der Waals surface area contributed by atoms with Crippen LogP contribution in [-0.4, -0.2) is 0 Å². The van der Waals surface area contributed by atoms with Crippen molar-refractivity contribution in [3.8, 4) is 0 Å². The molecular weight excluding hydrogens is 144 g/mol. The lowest BCUT2D eigenvalue weighted by molar-refractivity contribution is 1.10. The lowest BCUT2D eigenvalue weighted by Crippen LogP contribution is -1.71. The van der Waals surface area contributed by atoms with Crippen molar-refractivity contribution < 1.29 is 0 Å². The van der Waals surface area contributed by atoms with Gasteiger partial charge in [0.15, 0.2) is 0 Å². The van der Waals surface area contributed by atoms with Crippen molar-refractivity contribution in [3.05, 3.63) is 55.0 Å². The van der Waals surface area contributed by atoms with E-state index in [-0.39, 0.29) is 0 Å². The second-order valence-electron chi connectivity index (χ2n) is 2.71. The molecule has 1 rings (SSSR count). The molecular formula is C12H15. The molecule has 0 fully saturated rings. The third-order valence-electron chi connectivity index (χ3n) is 1.65. The van der Waals surface area contributed by atoms with Crippen LogP contribution in [0.25, 0.3) is 0 Å². The highest BCUT2D eigenvalue weighted by atomic mass is 13.9. The first-order valence-electron chi connectivity index (χ1n) is 4.45. The molecule has 0 aromatic heterocycles. The number of hydrogen-bond donors (Lipinski definition) is 0. The standard InChI is InChI=1S/C12H15/c1-2-4-6-8-10-12-11-9-7-5-3-1/h1-6,9-11H,7-8,12H2. The Morgan fingerprint density at radius 3 is 1.92 bits per heavy atom. The van der Waals surface area contributed by atoms with Crippen LogP contribution in [0, 0.1) is 6.42 Å². The van der Waals surface area contributed by atoms with E-state index in [0.29, 0.717) is 0 Å². The molecule has 1 aliphatic carbocycles.